The Labute approximate surface area is 91.0 Å². The van der Waals surface area contributed by atoms with Crippen molar-refractivity contribution < 1.29 is 18.3 Å². The Kier molecular flexibility index (Phi) is 4.90. The SMILES string of the molecule is CC(C)OC(=O)C(F)(F)CC[Si](C)(C)C. The van der Waals surface area contributed by atoms with Gasteiger partial charge in [-0.05, 0) is 13.8 Å². The summed E-state index contributed by atoms with van der Waals surface area (Å²) < 4.78 is 31.0. The van der Waals surface area contributed by atoms with E-state index in [0.717, 1.165) is 0 Å². The second-order valence-electron chi connectivity index (χ2n) is 5.22. The molecule has 2 nitrogen and oxygen atoms in total. The molecule has 0 aromatic rings. The van der Waals surface area contributed by atoms with Crippen LogP contribution in [0.5, 0.6) is 0 Å². The first kappa shape index (κ1) is 14.5. The monoisotopic (exact) mass is 238 g/mol. The lowest BCUT2D eigenvalue weighted by Crippen LogP contribution is -2.35. The minimum Gasteiger partial charge on any atom is -0.459 e. The number of esters is 1. The molecule has 0 unspecified atom stereocenters. The van der Waals surface area contributed by atoms with E-state index in [9.17, 15) is 13.6 Å². The zero-order valence-electron chi connectivity index (χ0n) is 10.1. The van der Waals surface area contributed by atoms with Crippen LogP contribution in [0.25, 0.3) is 0 Å². The molecular formula is C10H20F2O2Si. The Balaban J connectivity index is 4.23. The lowest BCUT2D eigenvalue weighted by molar-refractivity contribution is -0.176. The summed E-state index contributed by atoms with van der Waals surface area (Å²) in [5.41, 5.74) is 0. The number of hydrogen-bond acceptors (Lipinski definition) is 2. The van der Waals surface area contributed by atoms with Gasteiger partial charge < -0.3 is 4.74 Å². The Hall–Kier alpha value is -0.453. The van der Waals surface area contributed by atoms with Crippen LogP contribution in [0.15, 0.2) is 0 Å². The molecule has 90 valence electrons. The molecule has 0 aromatic carbocycles. The van der Waals surface area contributed by atoms with E-state index in [4.69, 9.17) is 0 Å². The number of ether oxygens (including phenoxy) is 1. The highest BCUT2D eigenvalue weighted by atomic mass is 28.3. The van der Waals surface area contributed by atoms with Crippen LogP contribution in [0.3, 0.4) is 0 Å². The smallest absolute Gasteiger partial charge is 0.377 e. The highest BCUT2D eigenvalue weighted by Gasteiger charge is 2.41. The number of carbonyl (C=O) groups excluding carboxylic acids is 1. The van der Waals surface area contributed by atoms with Gasteiger partial charge in [-0.3, -0.25) is 0 Å². The molecule has 0 amide bonds. The topological polar surface area (TPSA) is 26.3 Å². The molecule has 0 aromatic heterocycles. The van der Waals surface area contributed by atoms with Gasteiger partial charge in [0.2, 0.25) is 0 Å². The van der Waals surface area contributed by atoms with Crippen LogP contribution in [0.4, 0.5) is 8.78 Å². The summed E-state index contributed by atoms with van der Waals surface area (Å²) in [4.78, 5) is 11.0. The summed E-state index contributed by atoms with van der Waals surface area (Å²) in [6.07, 6.45) is -0.885. The third kappa shape index (κ3) is 6.60. The van der Waals surface area contributed by atoms with Gasteiger partial charge in [0.05, 0.1) is 6.10 Å². The van der Waals surface area contributed by atoms with Gasteiger partial charge in [-0.15, -0.1) is 0 Å². The molecule has 0 saturated carbocycles. The van der Waals surface area contributed by atoms with Crippen LogP contribution in [0.2, 0.25) is 25.7 Å². The second kappa shape index (κ2) is 5.05. The van der Waals surface area contributed by atoms with Gasteiger partial charge in [-0.1, -0.05) is 25.7 Å². The van der Waals surface area contributed by atoms with Gasteiger partial charge in [-0.2, -0.15) is 8.78 Å². The molecule has 5 heteroatoms. The Bertz CT molecular complexity index is 222. The van der Waals surface area contributed by atoms with Crippen molar-refractivity contribution in [1.82, 2.24) is 0 Å². The first-order valence-corrected chi connectivity index (χ1v) is 8.84. The number of alkyl halides is 2. The summed E-state index contributed by atoms with van der Waals surface area (Å²) in [6.45, 7) is 9.11. The predicted octanol–water partition coefficient (Wildman–Crippen LogP) is 3.30. The van der Waals surface area contributed by atoms with Crippen LogP contribution in [-0.4, -0.2) is 26.1 Å². The fourth-order valence-electron chi connectivity index (χ4n) is 0.934. The van der Waals surface area contributed by atoms with E-state index in [1.54, 1.807) is 13.8 Å². The average Bonchev–Trinajstić information content (AvgIpc) is 1.98. The largest absolute Gasteiger partial charge is 0.459 e. The lowest BCUT2D eigenvalue weighted by Gasteiger charge is -2.21. The number of hydrogen-bond donors (Lipinski definition) is 0. The van der Waals surface area contributed by atoms with Crippen LogP contribution >= 0.6 is 0 Å². The van der Waals surface area contributed by atoms with Crippen molar-refractivity contribution in [2.24, 2.45) is 0 Å². The summed E-state index contributed by atoms with van der Waals surface area (Å²) >= 11 is 0. The van der Waals surface area contributed by atoms with E-state index in [0.29, 0.717) is 6.04 Å². The number of carbonyl (C=O) groups is 1. The van der Waals surface area contributed by atoms with Gasteiger partial charge in [0.25, 0.3) is 0 Å². The van der Waals surface area contributed by atoms with Crippen molar-refractivity contribution in [3.63, 3.8) is 0 Å². The molecule has 0 bridgehead atoms. The van der Waals surface area contributed by atoms with Crippen molar-refractivity contribution in [3.8, 4) is 0 Å². The first-order valence-electron chi connectivity index (χ1n) is 5.13. The Morgan fingerprint density at radius 3 is 2.13 bits per heavy atom. The van der Waals surface area contributed by atoms with E-state index < -0.39 is 32.5 Å². The van der Waals surface area contributed by atoms with Crippen molar-refractivity contribution in [2.75, 3.05) is 0 Å². The van der Waals surface area contributed by atoms with Crippen LogP contribution in [0.1, 0.15) is 20.3 Å². The normalized spacial score (nSPS) is 13.1. The molecule has 15 heavy (non-hydrogen) atoms. The van der Waals surface area contributed by atoms with Crippen LogP contribution in [-0.2, 0) is 9.53 Å². The van der Waals surface area contributed by atoms with Crippen molar-refractivity contribution in [2.45, 2.75) is 58.0 Å². The Morgan fingerprint density at radius 2 is 1.80 bits per heavy atom. The molecule has 0 saturated heterocycles. The van der Waals surface area contributed by atoms with Gasteiger partial charge >= 0.3 is 11.9 Å². The molecule has 0 aliphatic carbocycles. The summed E-state index contributed by atoms with van der Waals surface area (Å²) in [5, 5.41) is 0. The van der Waals surface area contributed by atoms with E-state index in [1.807, 2.05) is 19.6 Å². The van der Waals surface area contributed by atoms with Crippen molar-refractivity contribution in [1.29, 1.82) is 0 Å². The minimum absolute atomic E-state index is 0.395. The molecule has 0 radical (unpaired) electrons. The van der Waals surface area contributed by atoms with Crippen LogP contribution < -0.4 is 0 Å². The molecule has 0 heterocycles. The third-order valence-corrected chi connectivity index (χ3v) is 3.58. The number of rotatable bonds is 5. The standard InChI is InChI=1S/C10H20F2O2Si/c1-8(2)14-9(13)10(11,12)6-7-15(3,4)5/h8H,6-7H2,1-5H3. The maximum atomic E-state index is 13.3. The van der Waals surface area contributed by atoms with Gasteiger partial charge in [-0.25, -0.2) is 4.79 Å². The van der Waals surface area contributed by atoms with Crippen molar-refractivity contribution >= 4 is 14.0 Å². The summed E-state index contributed by atoms with van der Waals surface area (Å²) in [6, 6.07) is 0.424. The molecule has 0 atom stereocenters. The molecule has 0 spiro atoms. The molecular weight excluding hydrogens is 218 g/mol. The average molecular weight is 238 g/mol. The highest BCUT2D eigenvalue weighted by molar-refractivity contribution is 6.76. The molecule has 0 aliphatic rings. The number of halogens is 2. The molecule has 0 fully saturated rings. The Morgan fingerprint density at radius 1 is 1.33 bits per heavy atom. The highest BCUT2D eigenvalue weighted by Crippen LogP contribution is 2.26. The van der Waals surface area contributed by atoms with Gasteiger partial charge in [0.15, 0.2) is 0 Å². The maximum Gasteiger partial charge on any atom is 0.377 e. The van der Waals surface area contributed by atoms with E-state index in [2.05, 4.69) is 4.74 Å². The second-order valence-corrected chi connectivity index (χ2v) is 10.8. The van der Waals surface area contributed by atoms with Crippen LogP contribution in [0, 0.1) is 0 Å². The third-order valence-electron chi connectivity index (χ3n) is 1.83. The van der Waals surface area contributed by atoms with Crippen molar-refractivity contribution in [3.05, 3.63) is 0 Å². The fraction of sp³-hybridized carbons (Fsp3) is 0.900. The maximum absolute atomic E-state index is 13.3. The van der Waals surface area contributed by atoms with E-state index >= 15 is 0 Å². The molecule has 0 rings (SSSR count). The lowest BCUT2D eigenvalue weighted by atomic mass is 10.2. The van der Waals surface area contributed by atoms with E-state index in [1.165, 1.54) is 0 Å². The summed E-state index contributed by atoms with van der Waals surface area (Å²) in [5.74, 6) is -4.72. The quantitative estimate of drug-likeness (QED) is 0.542. The zero-order chi connectivity index (χ0) is 12.3. The molecule has 0 N–H and O–H groups in total. The fourth-order valence-corrected chi connectivity index (χ4v) is 2.00. The predicted molar refractivity (Wildman–Crippen MR) is 58.9 cm³/mol. The molecule has 0 aliphatic heterocycles. The minimum atomic E-state index is -3.33. The summed E-state index contributed by atoms with van der Waals surface area (Å²) in [7, 11) is -1.54. The van der Waals surface area contributed by atoms with Gasteiger partial charge in [0, 0.05) is 14.5 Å². The van der Waals surface area contributed by atoms with Gasteiger partial charge in [0.1, 0.15) is 0 Å². The van der Waals surface area contributed by atoms with E-state index in [-0.39, 0.29) is 0 Å². The zero-order valence-corrected chi connectivity index (χ0v) is 11.1. The first-order chi connectivity index (χ1) is 6.54.